The highest BCUT2D eigenvalue weighted by Crippen LogP contribution is 2.30. The van der Waals surface area contributed by atoms with E-state index in [1.165, 1.54) is 16.7 Å². The molecule has 9 nitrogen and oxygen atoms in total. The molecule has 0 radical (unpaired) electrons. The third-order valence-electron chi connectivity index (χ3n) is 7.36. The van der Waals surface area contributed by atoms with E-state index in [2.05, 4.69) is 10.3 Å². The van der Waals surface area contributed by atoms with Gasteiger partial charge < -0.3 is 15.5 Å². The van der Waals surface area contributed by atoms with Crippen LogP contribution in [0.1, 0.15) is 66.5 Å². The highest BCUT2D eigenvalue weighted by Gasteiger charge is 2.30. The number of aliphatic hydroxyl groups is 1. The predicted octanol–water partition coefficient (Wildman–Crippen LogP) is 2.88. The van der Waals surface area contributed by atoms with Crippen LogP contribution in [0.15, 0.2) is 40.1 Å². The first-order valence-electron chi connectivity index (χ1n) is 12.5. The molecule has 3 N–H and O–H groups in total. The molecule has 3 heterocycles. The number of fused-ring (bicyclic) bond motifs is 1. The van der Waals surface area contributed by atoms with Crippen molar-refractivity contribution in [1.29, 1.82) is 0 Å². The molecular formula is C26H29FN4O5S. The van der Waals surface area contributed by atoms with Gasteiger partial charge in [0.1, 0.15) is 17.2 Å². The normalized spacial score (nSPS) is 20.7. The average Bonchev–Trinajstić information content (AvgIpc) is 2.91. The summed E-state index contributed by atoms with van der Waals surface area (Å²) in [5, 5.41) is 22.4. The number of aromatic hydroxyl groups is 1. The molecule has 196 valence electrons. The van der Waals surface area contributed by atoms with Crippen molar-refractivity contribution in [3.8, 4) is 5.75 Å². The van der Waals surface area contributed by atoms with Crippen molar-refractivity contribution < 1.29 is 19.4 Å². The van der Waals surface area contributed by atoms with Gasteiger partial charge >= 0.3 is 5.69 Å². The van der Waals surface area contributed by atoms with Crippen LogP contribution in [0.25, 0.3) is 11.0 Å². The molecule has 1 saturated heterocycles. The number of aliphatic hydroxyl groups excluding tert-OH is 1. The maximum absolute atomic E-state index is 14.1. The first-order chi connectivity index (χ1) is 17.9. The fraction of sp³-hybridized carbons (Fsp3) is 0.462. The Hall–Kier alpha value is -3.18. The summed E-state index contributed by atoms with van der Waals surface area (Å²) in [6, 6.07) is 4.84. The summed E-state index contributed by atoms with van der Waals surface area (Å²) in [4.78, 5) is 44.0. The average molecular weight is 529 g/mol. The number of rotatable bonds is 5. The highest BCUT2D eigenvalue weighted by molar-refractivity contribution is 7.99. The van der Waals surface area contributed by atoms with Gasteiger partial charge in [-0.1, -0.05) is 6.07 Å². The molecule has 2 aliphatic rings. The lowest BCUT2D eigenvalue weighted by Gasteiger charge is -2.31. The van der Waals surface area contributed by atoms with Crippen molar-refractivity contribution in [1.82, 2.24) is 19.4 Å². The van der Waals surface area contributed by atoms with Gasteiger partial charge in [0.05, 0.1) is 23.8 Å². The maximum Gasteiger partial charge on any atom is 0.333 e. The van der Waals surface area contributed by atoms with Gasteiger partial charge in [-0.3, -0.25) is 18.7 Å². The van der Waals surface area contributed by atoms with Crippen LogP contribution in [0, 0.1) is 5.82 Å². The summed E-state index contributed by atoms with van der Waals surface area (Å²) < 4.78 is 16.9. The number of thioether (sulfide) groups is 1. The largest absolute Gasteiger partial charge is 0.507 e. The number of halogens is 1. The molecule has 1 aliphatic carbocycles. The number of aromatic nitrogens is 3. The maximum atomic E-state index is 14.1. The fourth-order valence-electron chi connectivity index (χ4n) is 5.40. The zero-order valence-electron chi connectivity index (χ0n) is 20.2. The van der Waals surface area contributed by atoms with Crippen LogP contribution in [-0.2, 0) is 6.61 Å². The SMILES string of the molecule is O=C(NC1CCC(n2c(=O)c3cc(F)cnc3n(C3CCSCC3)c2=O)CC1)c1cc(CO)ccc1O. The number of benzene rings is 1. The Morgan fingerprint density at radius 3 is 2.46 bits per heavy atom. The molecule has 1 aromatic carbocycles. The van der Waals surface area contributed by atoms with Crippen LogP contribution in [0.5, 0.6) is 5.75 Å². The number of carbonyl (C=O) groups is 1. The number of nitrogens with zero attached hydrogens (tertiary/aromatic N) is 3. The lowest BCUT2D eigenvalue weighted by atomic mass is 9.90. The summed E-state index contributed by atoms with van der Waals surface area (Å²) in [6.07, 6.45) is 4.63. The molecule has 0 atom stereocenters. The monoisotopic (exact) mass is 528 g/mol. The Bertz CT molecular complexity index is 1440. The number of phenols is 1. The van der Waals surface area contributed by atoms with E-state index >= 15 is 0 Å². The Labute approximate surface area is 216 Å². The Morgan fingerprint density at radius 2 is 1.76 bits per heavy atom. The third-order valence-corrected chi connectivity index (χ3v) is 8.41. The quantitative estimate of drug-likeness (QED) is 0.465. The molecule has 2 fully saturated rings. The van der Waals surface area contributed by atoms with Gasteiger partial charge in [0.15, 0.2) is 0 Å². The van der Waals surface area contributed by atoms with E-state index in [-0.39, 0.29) is 47.1 Å². The second-order valence-corrected chi connectivity index (χ2v) is 10.9. The molecule has 2 aromatic heterocycles. The van der Waals surface area contributed by atoms with E-state index in [1.807, 2.05) is 11.8 Å². The van der Waals surface area contributed by atoms with Gasteiger partial charge in [0.25, 0.3) is 11.5 Å². The standard InChI is InChI=1S/C26H29FN4O5S/c27-16-12-21-23(28-13-16)30(19-7-9-37-10-8-19)26(36)31(25(21)35)18-4-2-17(3-5-18)29-24(34)20-11-15(14-32)1-6-22(20)33/h1,6,11-13,17-19,32-33H,2-5,7-10,14H2,(H,29,34). The van der Waals surface area contributed by atoms with Crippen LogP contribution >= 0.6 is 11.8 Å². The summed E-state index contributed by atoms with van der Waals surface area (Å²) >= 11 is 1.82. The van der Waals surface area contributed by atoms with Crippen molar-refractivity contribution in [3.63, 3.8) is 0 Å². The van der Waals surface area contributed by atoms with Gasteiger partial charge in [0, 0.05) is 18.1 Å². The number of phenolic OH excluding ortho intramolecular Hbond substituents is 1. The molecule has 1 amide bonds. The molecule has 3 aromatic rings. The first-order valence-corrected chi connectivity index (χ1v) is 13.7. The minimum atomic E-state index is -0.625. The van der Waals surface area contributed by atoms with Crippen LogP contribution in [0.2, 0.25) is 0 Å². The van der Waals surface area contributed by atoms with Gasteiger partial charge in [-0.2, -0.15) is 11.8 Å². The lowest BCUT2D eigenvalue weighted by Crippen LogP contribution is -2.46. The Balaban J connectivity index is 1.40. The van der Waals surface area contributed by atoms with Gasteiger partial charge in [-0.05, 0) is 73.8 Å². The van der Waals surface area contributed by atoms with Crippen LogP contribution in [-0.4, -0.2) is 47.8 Å². The molecule has 5 rings (SSSR count). The minimum Gasteiger partial charge on any atom is -0.507 e. The van der Waals surface area contributed by atoms with Crippen molar-refractivity contribution in [3.05, 3.63) is 68.2 Å². The van der Waals surface area contributed by atoms with Crippen molar-refractivity contribution in [2.24, 2.45) is 0 Å². The first kappa shape index (κ1) is 25.5. The summed E-state index contributed by atoms with van der Waals surface area (Å²) in [5.41, 5.74) is -0.114. The number of hydrogen-bond acceptors (Lipinski definition) is 7. The topological polar surface area (TPSA) is 126 Å². The Kier molecular flexibility index (Phi) is 7.34. The number of nitrogens with one attached hydrogen (secondary N) is 1. The zero-order valence-corrected chi connectivity index (χ0v) is 21.0. The van der Waals surface area contributed by atoms with E-state index in [0.29, 0.717) is 31.2 Å². The molecule has 0 spiro atoms. The van der Waals surface area contributed by atoms with E-state index in [1.54, 1.807) is 10.6 Å². The number of hydrogen-bond donors (Lipinski definition) is 3. The van der Waals surface area contributed by atoms with Gasteiger partial charge in [0.2, 0.25) is 0 Å². The van der Waals surface area contributed by atoms with Crippen LogP contribution in [0.4, 0.5) is 4.39 Å². The third kappa shape index (κ3) is 5.02. The van der Waals surface area contributed by atoms with Crippen molar-refractivity contribution in [2.75, 3.05) is 11.5 Å². The van der Waals surface area contributed by atoms with Crippen LogP contribution in [0.3, 0.4) is 0 Å². The number of pyridine rings is 1. The lowest BCUT2D eigenvalue weighted by molar-refractivity contribution is 0.0919. The molecule has 11 heteroatoms. The van der Waals surface area contributed by atoms with Crippen LogP contribution < -0.4 is 16.6 Å². The van der Waals surface area contributed by atoms with E-state index in [0.717, 1.165) is 36.6 Å². The summed E-state index contributed by atoms with van der Waals surface area (Å²) in [6.45, 7) is -0.247. The predicted molar refractivity (Wildman–Crippen MR) is 139 cm³/mol. The van der Waals surface area contributed by atoms with E-state index < -0.39 is 23.0 Å². The zero-order chi connectivity index (χ0) is 26.1. The van der Waals surface area contributed by atoms with Gasteiger partial charge in [-0.15, -0.1) is 0 Å². The van der Waals surface area contributed by atoms with Crippen molar-refractivity contribution in [2.45, 2.75) is 63.3 Å². The van der Waals surface area contributed by atoms with Gasteiger partial charge in [-0.25, -0.2) is 14.2 Å². The number of carbonyl (C=O) groups excluding carboxylic acids is 1. The van der Waals surface area contributed by atoms with Crippen molar-refractivity contribution >= 4 is 28.7 Å². The van der Waals surface area contributed by atoms with E-state index in [4.69, 9.17) is 0 Å². The smallest absolute Gasteiger partial charge is 0.333 e. The summed E-state index contributed by atoms with van der Waals surface area (Å²) in [5.74, 6) is 0.563. The molecule has 1 aliphatic heterocycles. The minimum absolute atomic E-state index is 0.0856. The second-order valence-electron chi connectivity index (χ2n) is 9.68. The molecule has 1 saturated carbocycles. The second kappa shape index (κ2) is 10.7. The molecular weight excluding hydrogens is 499 g/mol. The fourth-order valence-corrected chi connectivity index (χ4v) is 6.49. The highest BCUT2D eigenvalue weighted by atomic mass is 32.2. The molecule has 37 heavy (non-hydrogen) atoms. The molecule has 0 unspecified atom stereocenters. The summed E-state index contributed by atoms with van der Waals surface area (Å²) in [7, 11) is 0. The Morgan fingerprint density at radius 1 is 1.05 bits per heavy atom. The number of amides is 1. The molecule has 0 bridgehead atoms. The van der Waals surface area contributed by atoms with E-state index in [9.17, 15) is 29.0 Å².